The summed E-state index contributed by atoms with van der Waals surface area (Å²) < 4.78 is 22.7. The molecule has 0 atom stereocenters. The fraction of sp³-hybridized carbons (Fsp3) is 0.650. The molecular weight excluding hydrogens is 479 g/mol. The maximum Gasteiger partial charge on any atom is 0.183 e. The van der Waals surface area contributed by atoms with Crippen LogP contribution in [0, 0.1) is 40.4 Å². The second-order valence-electron chi connectivity index (χ2n) is 7.37. The molecule has 0 saturated heterocycles. The van der Waals surface area contributed by atoms with E-state index in [0.717, 1.165) is 24.2 Å². The first-order chi connectivity index (χ1) is 12.2. The van der Waals surface area contributed by atoms with E-state index in [1.165, 1.54) is 0 Å². The Labute approximate surface area is 195 Å². The van der Waals surface area contributed by atoms with Gasteiger partial charge in [-0.25, -0.2) is 0 Å². The summed E-state index contributed by atoms with van der Waals surface area (Å²) >= 11 is 0. The van der Waals surface area contributed by atoms with Crippen LogP contribution in [0.25, 0.3) is 0 Å². The normalized spacial score (nSPS) is 11.8. The molecule has 27 heavy (non-hydrogen) atoms. The molecule has 1 N–H and O–H groups in total. The molecule has 1 amide bonds. The summed E-state index contributed by atoms with van der Waals surface area (Å²) in [5.41, 5.74) is 0.198. The number of nitrogens with one attached hydrogen (secondary N) is 1. The van der Waals surface area contributed by atoms with Crippen molar-refractivity contribution < 1.29 is 64.1 Å². The molecule has 0 aliphatic rings. The Hall–Kier alpha value is -0.292. The largest absolute Gasteiger partial charge is 0.530 e. The third kappa shape index (κ3) is 10.7. The SMILES string of the molecule is COC(OC)c1cccc(OC(C)(C)CCOC(C)(C)CCN[C-]=O)c1.[Pm]. The van der Waals surface area contributed by atoms with Crippen LogP contribution in [0.2, 0.25) is 0 Å². The van der Waals surface area contributed by atoms with E-state index in [1.54, 1.807) is 20.6 Å². The first-order valence-corrected chi connectivity index (χ1v) is 8.81. The van der Waals surface area contributed by atoms with Crippen molar-refractivity contribution in [2.24, 2.45) is 0 Å². The Balaban J connectivity index is 0.00000676. The number of methoxy groups -OCH3 is 2. The quantitative estimate of drug-likeness (QED) is 0.191. The van der Waals surface area contributed by atoms with Crippen molar-refractivity contribution in [1.82, 2.24) is 5.32 Å². The molecule has 0 aromatic heterocycles. The summed E-state index contributed by atoms with van der Waals surface area (Å²) in [5.74, 6) is 0.761. The average molecular weight is 511 g/mol. The van der Waals surface area contributed by atoms with Crippen LogP contribution in [0.3, 0.4) is 0 Å². The van der Waals surface area contributed by atoms with Crippen molar-refractivity contribution >= 4 is 6.41 Å². The van der Waals surface area contributed by atoms with Gasteiger partial charge in [0.05, 0.1) is 12.2 Å². The number of hydrogen-bond donors (Lipinski definition) is 1. The Kier molecular flexibility index (Phi) is 12.9. The van der Waals surface area contributed by atoms with Crippen LogP contribution in [0.5, 0.6) is 5.75 Å². The van der Waals surface area contributed by atoms with Gasteiger partial charge in [0, 0.05) is 66.6 Å². The summed E-state index contributed by atoms with van der Waals surface area (Å²) in [5, 5.41) is 2.54. The van der Waals surface area contributed by atoms with Gasteiger partial charge >= 0.3 is 0 Å². The predicted molar refractivity (Wildman–Crippen MR) is 101 cm³/mol. The number of benzene rings is 1. The molecule has 1 aromatic carbocycles. The summed E-state index contributed by atoms with van der Waals surface area (Å²) in [4.78, 5) is 10.2. The summed E-state index contributed by atoms with van der Waals surface area (Å²) in [7, 11) is 3.21. The number of hydrogen-bond acceptors (Lipinski definition) is 5. The Morgan fingerprint density at radius 1 is 1.07 bits per heavy atom. The van der Waals surface area contributed by atoms with Crippen molar-refractivity contribution in [2.45, 2.75) is 58.0 Å². The molecule has 0 aliphatic carbocycles. The molecule has 1 radical (unpaired) electrons. The van der Waals surface area contributed by atoms with Gasteiger partial charge in [0.2, 0.25) is 0 Å². The third-order valence-electron chi connectivity index (χ3n) is 4.07. The molecule has 0 fully saturated rings. The van der Waals surface area contributed by atoms with E-state index < -0.39 is 6.29 Å². The van der Waals surface area contributed by atoms with Crippen LogP contribution < -0.4 is 10.1 Å². The van der Waals surface area contributed by atoms with Crippen LogP contribution >= 0.6 is 0 Å². The van der Waals surface area contributed by atoms with Gasteiger partial charge < -0.3 is 29.1 Å². The second kappa shape index (κ2) is 13.0. The summed E-state index contributed by atoms with van der Waals surface area (Å²) in [6, 6.07) is 7.70. The molecule has 0 aliphatic heterocycles. The van der Waals surface area contributed by atoms with E-state index in [0.29, 0.717) is 13.2 Å². The van der Waals surface area contributed by atoms with Crippen LogP contribution in [-0.2, 0) is 19.0 Å². The maximum atomic E-state index is 10.2. The number of ether oxygens (including phenoxy) is 4. The van der Waals surface area contributed by atoms with Crippen molar-refractivity contribution in [3.05, 3.63) is 29.8 Å². The van der Waals surface area contributed by atoms with Gasteiger partial charge in [-0.2, -0.15) is 6.41 Å². The maximum absolute atomic E-state index is 10.2. The number of carbonyl (C=O) groups excluding carboxylic acids is 1. The van der Waals surface area contributed by atoms with Gasteiger partial charge in [-0.05, 0) is 52.8 Å². The fourth-order valence-electron chi connectivity index (χ4n) is 2.52. The molecule has 0 heterocycles. The van der Waals surface area contributed by atoms with E-state index in [1.807, 2.05) is 52.0 Å². The molecular formula is C20H32NO5Pm-. The van der Waals surface area contributed by atoms with Crippen molar-refractivity contribution in [1.29, 1.82) is 0 Å². The standard InChI is InChI=1S/C20H32NO5.Pm/c1-19(2,10-12-21-15-22)25-13-11-20(3,4)26-17-9-7-8-16(14-17)18(23-5)24-6;/h7-9,14,18H,10-13H2,1-6H3,(H,21,22);/q-1;. The van der Waals surface area contributed by atoms with Crippen molar-refractivity contribution in [2.75, 3.05) is 27.4 Å². The Morgan fingerprint density at radius 2 is 1.74 bits per heavy atom. The molecule has 153 valence electrons. The summed E-state index contributed by atoms with van der Waals surface area (Å²) in [6.45, 7) is 9.18. The monoisotopic (exact) mass is 511 g/mol. The van der Waals surface area contributed by atoms with Gasteiger partial charge in [0.1, 0.15) is 11.4 Å². The fourth-order valence-corrected chi connectivity index (χ4v) is 2.52. The first-order valence-electron chi connectivity index (χ1n) is 8.81. The molecule has 0 saturated carbocycles. The van der Waals surface area contributed by atoms with Gasteiger partial charge in [-0.3, -0.25) is 0 Å². The minimum absolute atomic E-state index is 0. The molecule has 0 bridgehead atoms. The van der Waals surface area contributed by atoms with E-state index >= 15 is 0 Å². The van der Waals surface area contributed by atoms with E-state index in [9.17, 15) is 4.79 Å². The van der Waals surface area contributed by atoms with Crippen molar-refractivity contribution in [3.63, 3.8) is 0 Å². The average Bonchev–Trinajstić information content (AvgIpc) is 2.55. The molecule has 7 heteroatoms. The molecule has 0 spiro atoms. The zero-order valence-electron chi connectivity index (χ0n) is 17.2. The second-order valence-corrected chi connectivity index (χ2v) is 7.37. The molecule has 1 aromatic rings. The molecule has 1 rings (SSSR count). The van der Waals surface area contributed by atoms with Crippen LogP contribution in [0.4, 0.5) is 0 Å². The van der Waals surface area contributed by atoms with E-state index in [4.69, 9.17) is 18.9 Å². The number of amides is 1. The third-order valence-corrected chi connectivity index (χ3v) is 4.07. The summed E-state index contributed by atoms with van der Waals surface area (Å²) in [6.07, 6.45) is 2.71. The van der Waals surface area contributed by atoms with Crippen LogP contribution in [0.15, 0.2) is 24.3 Å². The Morgan fingerprint density at radius 3 is 2.33 bits per heavy atom. The van der Waals surface area contributed by atoms with Gasteiger partial charge in [-0.15, -0.1) is 0 Å². The van der Waals surface area contributed by atoms with Gasteiger partial charge in [-0.1, -0.05) is 12.1 Å². The smallest absolute Gasteiger partial charge is 0.183 e. The zero-order valence-corrected chi connectivity index (χ0v) is 20.1. The van der Waals surface area contributed by atoms with Crippen molar-refractivity contribution in [3.8, 4) is 5.75 Å². The van der Waals surface area contributed by atoms with Gasteiger partial charge in [0.25, 0.3) is 0 Å². The van der Waals surface area contributed by atoms with E-state index in [2.05, 4.69) is 5.32 Å². The minimum Gasteiger partial charge on any atom is -0.530 e. The topological polar surface area (TPSA) is 66.0 Å². The molecule has 6 nitrogen and oxygen atoms in total. The predicted octanol–water partition coefficient (Wildman–Crippen LogP) is 3.37. The Bertz CT molecular complexity index is 547. The zero-order chi connectivity index (χ0) is 19.6. The van der Waals surface area contributed by atoms with Gasteiger partial charge in [0.15, 0.2) is 6.29 Å². The van der Waals surface area contributed by atoms with Crippen LogP contribution in [-0.4, -0.2) is 45.0 Å². The number of rotatable bonds is 13. The minimum atomic E-state index is -0.414. The first kappa shape index (κ1) is 26.7. The van der Waals surface area contributed by atoms with E-state index in [-0.39, 0.29) is 51.6 Å². The van der Waals surface area contributed by atoms with Crippen LogP contribution in [0.1, 0.15) is 52.4 Å². The molecule has 0 unspecified atom stereocenters.